The Hall–Kier alpha value is -1.22. The molecule has 0 aromatic rings. The average molecular weight is 236 g/mol. The predicted octanol–water partition coefficient (Wildman–Crippen LogP) is 2.87. The fourth-order valence-corrected chi connectivity index (χ4v) is 3.12. The molecule has 0 aromatic carbocycles. The normalized spacial score (nSPS) is 33.6. The lowest BCUT2D eigenvalue weighted by molar-refractivity contribution is -0.138. The Morgan fingerprint density at radius 3 is 2.88 bits per heavy atom. The smallest absolute Gasteiger partial charge is 0.225 e. The van der Waals surface area contributed by atoms with Crippen LogP contribution in [0.2, 0.25) is 0 Å². The second-order valence-corrected chi connectivity index (χ2v) is 5.23. The van der Waals surface area contributed by atoms with E-state index in [1.165, 1.54) is 6.42 Å². The van der Waals surface area contributed by atoms with Gasteiger partial charge in [0, 0.05) is 29.5 Å². The molecular weight excluding hydrogens is 216 g/mol. The molecule has 94 valence electrons. The van der Waals surface area contributed by atoms with E-state index in [-0.39, 0.29) is 17.9 Å². The van der Waals surface area contributed by atoms with Gasteiger partial charge >= 0.3 is 0 Å². The van der Waals surface area contributed by atoms with Gasteiger partial charge in [-0.05, 0) is 31.2 Å². The standard InChI is InChI=1S/C12H20N4O/c1-9-4-2-3-5-10-6-7-11(8-14-15-13)16(10)12(9)17/h9-11H,2-8H2,1H3/t9-,10-,11-/m0/s1. The van der Waals surface area contributed by atoms with E-state index in [1.54, 1.807) is 0 Å². The third kappa shape index (κ3) is 2.55. The highest BCUT2D eigenvalue weighted by atomic mass is 16.2. The van der Waals surface area contributed by atoms with Crippen LogP contribution in [0.5, 0.6) is 0 Å². The third-order valence-corrected chi connectivity index (χ3v) is 4.08. The van der Waals surface area contributed by atoms with Gasteiger partial charge in [0.2, 0.25) is 5.91 Å². The van der Waals surface area contributed by atoms with Crippen LogP contribution in [0, 0.1) is 5.92 Å². The summed E-state index contributed by atoms with van der Waals surface area (Å²) < 4.78 is 0. The Morgan fingerprint density at radius 2 is 2.12 bits per heavy atom. The monoisotopic (exact) mass is 236 g/mol. The second kappa shape index (κ2) is 5.41. The summed E-state index contributed by atoms with van der Waals surface area (Å²) in [7, 11) is 0. The van der Waals surface area contributed by atoms with Crippen LogP contribution in [0.25, 0.3) is 10.4 Å². The maximum atomic E-state index is 12.3. The van der Waals surface area contributed by atoms with Gasteiger partial charge in [-0.2, -0.15) is 0 Å². The van der Waals surface area contributed by atoms with Gasteiger partial charge in [0.1, 0.15) is 0 Å². The van der Waals surface area contributed by atoms with E-state index in [0.717, 1.165) is 32.1 Å². The maximum Gasteiger partial charge on any atom is 0.225 e. The molecule has 2 saturated heterocycles. The zero-order chi connectivity index (χ0) is 12.3. The van der Waals surface area contributed by atoms with Crippen molar-refractivity contribution in [2.24, 2.45) is 11.0 Å². The highest BCUT2D eigenvalue weighted by Crippen LogP contribution is 2.32. The van der Waals surface area contributed by atoms with Crippen LogP contribution in [-0.2, 0) is 4.79 Å². The summed E-state index contributed by atoms with van der Waals surface area (Å²) in [6, 6.07) is 0.535. The molecule has 2 aliphatic heterocycles. The summed E-state index contributed by atoms with van der Waals surface area (Å²) in [5.74, 6) is 0.398. The number of rotatable bonds is 2. The lowest BCUT2D eigenvalue weighted by Gasteiger charge is -2.34. The summed E-state index contributed by atoms with van der Waals surface area (Å²) >= 11 is 0. The van der Waals surface area contributed by atoms with Gasteiger partial charge < -0.3 is 4.90 Å². The fourth-order valence-electron chi connectivity index (χ4n) is 3.12. The first-order valence-corrected chi connectivity index (χ1v) is 6.57. The van der Waals surface area contributed by atoms with Gasteiger partial charge in [0.15, 0.2) is 0 Å². The molecule has 2 heterocycles. The second-order valence-electron chi connectivity index (χ2n) is 5.23. The zero-order valence-corrected chi connectivity index (χ0v) is 10.4. The van der Waals surface area contributed by atoms with Crippen LogP contribution in [0.15, 0.2) is 5.11 Å². The number of carbonyl (C=O) groups is 1. The van der Waals surface area contributed by atoms with E-state index in [1.807, 2.05) is 11.8 Å². The average Bonchev–Trinajstić information content (AvgIpc) is 2.71. The van der Waals surface area contributed by atoms with Crippen LogP contribution in [0.4, 0.5) is 0 Å². The molecule has 0 bridgehead atoms. The molecule has 0 N–H and O–H groups in total. The first kappa shape index (κ1) is 12.2. The van der Waals surface area contributed by atoms with Crippen LogP contribution in [0.1, 0.15) is 45.4 Å². The summed E-state index contributed by atoms with van der Waals surface area (Å²) in [5, 5.41) is 3.65. The third-order valence-electron chi connectivity index (χ3n) is 4.08. The maximum absolute atomic E-state index is 12.3. The molecule has 3 atom stereocenters. The molecule has 17 heavy (non-hydrogen) atoms. The molecule has 0 aromatic heterocycles. The number of carbonyl (C=O) groups excluding carboxylic acids is 1. The Bertz CT molecular complexity index is 337. The lowest BCUT2D eigenvalue weighted by atomic mass is 9.95. The summed E-state index contributed by atoms with van der Waals surface area (Å²) in [4.78, 5) is 17.2. The number of nitrogens with zero attached hydrogens (tertiary/aromatic N) is 4. The van der Waals surface area contributed by atoms with E-state index in [9.17, 15) is 4.79 Å². The molecule has 0 radical (unpaired) electrons. The molecule has 2 fully saturated rings. The highest BCUT2D eigenvalue weighted by Gasteiger charge is 2.38. The number of hydrogen-bond donors (Lipinski definition) is 0. The first-order valence-electron chi connectivity index (χ1n) is 6.57. The van der Waals surface area contributed by atoms with Crippen molar-refractivity contribution in [1.29, 1.82) is 0 Å². The number of fused-ring (bicyclic) bond motifs is 1. The Labute approximate surface area is 102 Å². The predicted molar refractivity (Wildman–Crippen MR) is 65.3 cm³/mol. The van der Waals surface area contributed by atoms with Crippen LogP contribution in [-0.4, -0.2) is 29.4 Å². The van der Waals surface area contributed by atoms with E-state index in [4.69, 9.17) is 5.53 Å². The van der Waals surface area contributed by atoms with Gasteiger partial charge in [-0.25, -0.2) is 0 Å². The van der Waals surface area contributed by atoms with Gasteiger partial charge in [-0.15, -0.1) is 0 Å². The molecule has 0 unspecified atom stereocenters. The molecule has 5 heteroatoms. The van der Waals surface area contributed by atoms with E-state index in [2.05, 4.69) is 10.0 Å². The molecule has 1 amide bonds. The molecule has 0 aliphatic carbocycles. The van der Waals surface area contributed by atoms with E-state index < -0.39 is 0 Å². The van der Waals surface area contributed by atoms with Crippen molar-refractivity contribution in [3.8, 4) is 0 Å². The van der Waals surface area contributed by atoms with Crippen molar-refractivity contribution in [3.63, 3.8) is 0 Å². The summed E-state index contributed by atoms with van der Waals surface area (Å²) in [6.07, 6.45) is 6.55. The topological polar surface area (TPSA) is 69.1 Å². The van der Waals surface area contributed by atoms with Crippen molar-refractivity contribution in [1.82, 2.24) is 4.90 Å². The van der Waals surface area contributed by atoms with Crippen molar-refractivity contribution in [2.45, 2.75) is 57.5 Å². The first-order chi connectivity index (χ1) is 8.24. The van der Waals surface area contributed by atoms with Gasteiger partial charge in [-0.3, -0.25) is 4.79 Å². The molecule has 5 nitrogen and oxygen atoms in total. The quantitative estimate of drug-likeness (QED) is 0.413. The molecule has 0 spiro atoms. The van der Waals surface area contributed by atoms with Crippen LogP contribution < -0.4 is 0 Å². The van der Waals surface area contributed by atoms with Crippen molar-refractivity contribution >= 4 is 5.91 Å². The van der Waals surface area contributed by atoms with Crippen LogP contribution in [0.3, 0.4) is 0 Å². The minimum atomic E-state index is 0.129. The summed E-state index contributed by atoms with van der Waals surface area (Å²) in [5.41, 5.74) is 8.40. The van der Waals surface area contributed by atoms with Gasteiger partial charge in [0.25, 0.3) is 0 Å². The number of amides is 1. The van der Waals surface area contributed by atoms with Crippen molar-refractivity contribution in [3.05, 3.63) is 10.4 Å². The number of azide groups is 1. The fraction of sp³-hybridized carbons (Fsp3) is 0.917. The SMILES string of the molecule is C[C@H]1CCCC[C@H]2CC[C@@H](CN=[N+]=[N-])N2C1=O. The van der Waals surface area contributed by atoms with E-state index in [0.29, 0.717) is 12.6 Å². The minimum Gasteiger partial charge on any atom is -0.336 e. The molecule has 2 aliphatic rings. The lowest BCUT2D eigenvalue weighted by Crippen LogP contribution is -2.45. The van der Waals surface area contributed by atoms with Crippen LogP contribution >= 0.6 is 0 Å². The molecule has 0 saturated carbocycles. The molecular formula is C12H20N4O. The Kier molecular flexibility index (Phi) is 3.89. The highest BCUT2D eigenvalue weighted by molar-refractivity contribution is 5.79. The van der Waals surface area contributed by atoms with Gasteiger partial charge in [0.05, 0.1) is 0 Å². The Morgan fingerprint density at radius 1 is 1.35 bits per heavy atom. The number of hydrogen-bond acceptors (Lipinski definition) is 2. The summed E-state index contributed by atoms with van der Waals surface area (Å²) in [6.45, 7) is 2.46. The van der Waals surface area contributed by atoms with Gasteiger partial charge in [-0.1, -0.05) is 24.9 Å². The van der Waals surface area contributed by atoms with Crippen molar-refractivity contribution in [2.75, 3.05) is 6.54 Å². The molecule has 2 rings (SSSR count). The minimum absolute atomic E-state index is 0.129. The van der Waals surface area contributed by atoms with E-state index >= 15 is 0 Å². The largest absolute Gasteiger partial charge is 0.336 e. The zero-order valence-electron chi connectivity index (χ0n) is 10.4. The van der Waals surface area contributed by atoms with Crippen molar-refractivity contribution < 1.29 is 4.79 Å². The Balaban J connectivity index is 2.13.